The average Bonchev–Trinajstić information content (AvgIpc) is 1.62. The molecule has 3 N–H and O–H groups in total. The molecule has 0 aromatic carbocycles. The fraction of sp³-hybridized carbons (Fsp3) is 1.00. The number of halogens is 4. The van der Waals surface area contributed by atoms with Crippen molar-refractivity contribution in [2.45, 2.75) is 18.6 Å². The Labute approximate surface area is 62.6 Å². The molecule has 0 saturated carbocycles. The Morgan fingerprint density at radius 3 is 1.90 bits per heavy atom. The third kappa shape index (κ3) is 8.00. The van der Waals surface area contributed by atoms with Crippen LogP contribution in [0.4, 0.5) is 13.2 Å². The molecule has 0 aromatic heterocycles. The maximum atomic E-state index is 11.3. The normalized spacial score (nSPS) is 14.1. The van der Waals surface area contributed by atoms with Crippen LogP contribution in [0.5, 0.6) is 0 Å². The quantitative estimate of drug-likeness (QED) is 0.655. The zero-order valence-electron chi connectivity index (χ0n) is 5.06. The Balaban J connectivity index is 0. The lowest BCUT2D eigenvalue weighted by molar-refractivity contribution is -0.140. The highest BCUT2D eigenvalue weighted by Crippen LogP contribution is 2.20. The van der Waals surface area contributed by atoms with Crippen LogP contribution < -0.4 is 5.73 Å². The highest BCUT2D eigenvalue weighted by atomic mass is 35.5. The maximum absolute atomic E-state index is 11.3. The number of rotatable bonds is 2. The second-order valence-corrected chi connectivity index (χ2v) is 1.76. The summed E-state index contributed by atoms with van der Waals surface area (Å²) >= 11 is 0. The summed E-state index contributed by atoms with van der Waals surface area (Å²) in [6, 6.07) is -1.18. The van der Waals surface area contributed by atoms with Gasteiger partial charge >= 0.3 is 6.18 Å². The molecule has 0 aromatic rings. The van der Waals surface area contributed by atoms with E-state index < -0.39 is 25.2 Å². The second kappa shape index (κ2) is 4.76. The first-order valence-electron chi connectivity index (χ1n) is 2.39. The zero-order chi connectivity index (χ0) is 7.49. The predicted octanol–water partition coefficient (Wildman–Crippen LogP) is 0.680. The van der Waals surface area contributed by atoms with Crippen molar-refractivity contribution in [1.29, 1.82) is 0 Å². The first kappa shape index (κ1) is 12.7. The van der Waals surface area contributed by atoms with E-state index in [1.54, 1.807) is 0 Å². The number of alkyl halides is 3. The minimum Gasteiger partial charge on any atom is -0.395 e. The van der Waals surface area contributed by atoms with Gasteiger partial charge in [-0.15, -0.1) is 12.4 Å². The number of nitrogens with two attached hydrogens (primary N) is 1. The minimum atomic E-state index is -4.26. The van der Waals surface area contributed by atoms with E-state index in [-0.39, 0.29) is 12.4 Å². The maximum Gasteiger partial charge on any atom is 0.390 e. The molecule has 1 atom stereocenters. The smallest absolute Gasteiger partial charge is 0.390 e. The summed E-state index contributed by atoms with van der Waals surface area (Å²) in [6.07, 6.45) is -5.38. The Kier molecular flexibility index (Phi) is 6.02. The van der Waals surface area contributed by atoms with Gasteiger partial charge in [-0.2, -0.15) is 13.2 Å². The van der Waals surface area contributed by atoms with Crippen LogP contribution in [0.2, 0.25) is 0 Å². The van der Waals surface area contributed by atoms with Gasteiger partial charge in [-0.3, -0.25) is 0 Å². The molecule has 0 aliphatic carbocycles. The molecule has 0 radical (unpaired) electrons. The van der Waals surface area contributed by atoms with Gasteiger partial charge in [0, 0.05) is 6.04 Å². The van der Waals surface area contributed by atoms with Crippen molar-refractivity contribution in [3.63, 3.8) is 0 Å². The third-order valence-electron chi connectivity index (χ3n) is 0.728. The zero-order valence-corrected chi connectivity index (χ0v) is 5.87. The molecule has 0 spiro atoms. The van der Waals surface area contributed by atoms with E-state index in [9.17, 15) is 13.2 Å². The van der Waals surface area contributed by atoms with Crippen LogP contribution in [-0.4, -0.2) is 23.9 Å². The summed E-state index contributed by atoms with van der Waals surface area (Å²) in [5.74, 6) is 0. The highest BCUT2D eigenvalue weighted by molar-refractivity contribution is 5.85. The Bertz CT molecular complexity index is 87.1. The van der Waals surface area contributed by atoms with Gasteiger partial charge in [-0.1, -0.05) is 0 Å². The van der Waals surface area contributed by atoms with E-state index >= 15 is 0 Å². The molecular weight excluding hydrogens is 170 g/mol. The van der Waals surface area contributed by atoms with Gasteiger partial charge in [0.05, 0.1) is 13.0 Å². The van der Waals surface area contributed by atoms with Crippen molar-refractivity contribution in [2.75, 3.05) is 6.61 Å². The van der Waals surface area contributed by atoms with Gasteiger partial charge < -0.3 is 10.8 Å². The van der Waals surface area contributed by atoms with E-state index in [0.717, 1.165) is 0 Å². The summed E-state index contributed by atoms with van der Waals surface area (Å²) in [6.45, 7) is -0.625. The van der Waals surface area contributed by atoms with Crippen molar-refractivity contribution >= 4 is 12.4 Å². The summed E-state index contributed by atoms with van der Waals surface area (Å²) in [5.41, 5.74) is 4.79. The minimum absolute atomic E-state index is 0. The molecule has 10 heavy (non-hydrogen) atoms. The van der Waals surface area contributed by atoms with Crippen LogP contribution in [0.1, 0.15) is 6.42 Å². The highest BCUT2D eigenvalue weighted by Gasteiger charge is 2.29. The molecule has 0 rings (SSSR count). The van der Waals surface area contributed by atoms with E-state index in [2.05, 4.69) is 0 Å². The molecule has 6 heteroatoms. The van der Waals surface area contributed by atoms with Crippen LogP contribution in [-0.2, 0) is 0 Å². The second-order valence-electron chi connectivity index (χ2n) is 1.76. The van der Waals surface area contributed by atoms with Crippen LogP contribution in [0.15, 0.2) is 0 Å². The summed E-state index contributed by atoms with van der Waals surface area (Å²) in [5, 5.41) is 8.07. The van der Waals surface area contributed by atoms with Gasteiger partial charge in [0.2, 0.25) is 0 Å². The average molecular weight is 180 g/mol. The molecule has 0 saturated heterocycles. The SMILES string of the molecule is Cl.NC(CO)CC(F)(F)F. The van der Waals surface area contributed by atoms with Crippen molar-refractivity contribution in [3.05, 3.63) is 0 Å². The van der Waals surface area contributed by atoms with E-state index in [1.807, 2.05) is 0 Å². The van der Waals surface area contributed by atoms with Crippen LogP contribution >= 0.6 is 12.4 Å². The largest absolute Gasteiger partial charge is 0.395 e. The molecular formula is C4H9ClF3NO. The van der Waals surface area contributed by atoms with Gasteiger partial charge in [-0.25, -0.2) is 0 Å². The predicted molar refractivity (Wildman–Crippen MR) is 33.0 cm³/mol. The fourth-order valence-electron chi connectivity index (χ4n) is 0.362. The van der Waals surface area contributed by atoms with Crippen LogP contribution in [0, 0.1) is 0 Å². The first-order valence-corrected chi connectivity index (χ1v) is 2.39. The van der Waals surface area contributed by atoms with E-state index in [0.29, 0.717) is 0 Å². The Morgan fingerprint density at radius 2 is 1.80 bits per heavy atom. The third-order valence-corrected chi connectivity index (χ3v) is 0.728. The number of aliphatic hydroxyl groups is 1. The standard InChI is InChI=1S/C4H8F3NO.ClH/c5-4(6,7)1-3(8)2-9;/h3,9H,1-2,8H2;1H. The number of aliphatic hydroxyl groups excluding tert-OH is 1. The summed E-state index contributed by atoms with van der Waals surface area (Å²) < 4.78 is 33.9. The van der Waals surface area contributed by atoms with Crippen molar-refractivity contribution in [1.82, 2.24) is 0 Å². The van der Waals surface area contributed by atoms with E-state index in [4.69, 9.17) is 10.8 Å². The molecule has 0 aliphatic heterocycles. The Morgan fingerprint density at radius 1 is 1.40 bits per heavy atom. The van der Waals surface area contributed by atoms with Crippen molar-refractivity contribution in [3.8, 4) is 0 Å². The lowest BCUT2D eigenvalue weighted by atomic mass is 10.2. The first-order chi connectivity index (χ1) is 3.95. The number of hydrogen-bond donors (Lipinski definition) is 2. The Hall–Kier alpha value is -0.0000000000000000555. The molecule has 0 fully saturated rings. The summed E-state index contributed by atoms with van der Waals surface area (Å²) in [4.78, 5) is 0. The van der Waals surface area contributed by atoms with Gasteiger partial charge in [0.1, 0.15) is 0 Å². The molecule has 0 heterocycles. The monoisotopic (exact) mass is 179 g/mol. The molecule has 2 nitrogen and oxygen atoms in total. The van der Waals surface area contributed by atoms with Gasteiger partial charge in [-0.05, 0) is 0 Å². The lowest BCUT2D eigenvalue weighted by Crippen LogP contribution is -2.30. The van der Waals surface area contributed by atoms with Gasteiger partial charge in [0.25, 0.3) is 0 Å². The van der Waals surface area contributed by atoms with Crippen LogP contribution in [0.25, 0.3) is 0 Å². The molecule has 0 bridgehead atoms. The fourth-order valence-corrected chi connectivity index (χ4v) is 0.362. The molecule has 0 aliphatic rings. The topological polar surface area (TPSA) is 46.2 Å². The molecule has 64 valence electrons. The summed E-state index contributed by atoms with van der Waals surface area (Å²) in [7, 11) is 0. The van der Waals surface area contributed by atoms with Gasteiger partial charge in [0.15, 0.2) is 0 Å². The molecule has 0 amide bonds. The van der Waals surface area contributed by atoms with Crippen molar-refractivity contribution in [2.24, 2.45) is 5.73 Å². The molecule has 1 unspecified atom stereocenters. The lowest BCUT2D eigenvalue weighted by Gasteiger charge is -2.09. The number of hydrogen-bond acceptors (Lipinski definition) is 2. The van der Waals surface area contributed by atoms with Crippen molar-refractivity contribution < 1.29 is 18.3 Å². The van der Waals surface area contributed by atoms with E-state index in [1.165, 1.54) is 0 Å². The van der Waals surface area contributed by atoms with Crippen LogP contribution in [0.3, 0.4) is 0 Å².